The van der Waals surface area contributed by atoms with Crippen molar-refractivity contribution in [1.29, 1.82) is 5.26 Å². The van der Waals surface area contributed by atoms with Gasteiger partial charge in [0.25, 0.3) is 0 Å². The quantitative estimate of drug-likeness (QED) is 0.832. The van der Waals surface area contributed by atoms with Crippen LogP contribution < -0.4 is 10.6 Å². The molecule has 0 radical (unpaired) electrons. The summed E-state index contributed by atoms with van der Waals surface area (Å²) in [5.74, 6) is 0.754. The minimum Gasteiger partial charge on any atom is -0.378 e. The number of rotatable bonds is 2. The van der Waals surface area contributed by atoms with E-state index in [1.54, 1.807) is 12.4 Å². The summed E-state index contributed by atoms with van der Waals surface area (Å²) in [7, 11) is 0. The Morgan fingerprint density at radius 1 is 1.14 bits per heavy atom. The fourth-order valence-corrected chi connectivity index (χ4v) is 2.05. The Labute approximate surface area is 121 Å². The fraction of sp³-hybridized carbons (Fsp3) is 0.308. The van der Waals surface area contributed by atoms with Crippen molar-refractivity contribution in [3.05, 3.63) is 24.2 Å². The Kier molecular flexibility index (Phi) is 3.57. The summed E-state index contributed by atoms with van der Waals surface area (Å²) < 4.78 is 5.31. The van der Waals surface area contributed by atoms with Crippen LogP contribution in [0.2, 0.25) is 0 Å². The van der Waals surface area contributed by atoms with Crippen molar-refractivity contribution >= 4 is 11.9 Å². The molecular formula is C13H13N7O. The van der Waals surface area contributed by atoms with E-state index in [0.29, 0.717) is 36.0 Å². The third-order valence-corrected chi connectivity index (χ3v) is 3.14. The normalized spacial score (nSPS) is 14.7. The van der Waals surface area contributed by atoms with Crippen molar-refractivity contribution in [3.63, 3.8) is 0 Å². The Bertz CT molecular complexity index is 674. The minimum atomic E-state index is 0.180. The van der Waals surface area contributed by atoms with E-state index in [0.717, 1.165) is 13.1 Å². The Hall–Kier alpha value is -2.79. The van der Waals surface area contributed by atoms with Gasteiger partial charge in [0.2, 0.25) is 11.9 Å². The van der Waals surface area contributed by atoms with Crippen LogP contribution >= 0.6 is 0 Å². The van der Waals surface area contributed by atoms with E-state index in [1.807, 2.05) is 4.90 Å². The first kappa shape index (κ1) is 13.2. The van der Waals surface area contributed by atoms with E-state index < -0.39 is 0 Å². The lowest BCUT2D eigenvalue weighted by Crippen LogP contribution is -2.37. The lowest BCUT2D eigenvalue weighted by atomic mass is 10.1. The van der Waals surface area contributed by atoms with E-state index in [2.05, 4.69) is 26.0 Å². The zero-order chi connectivity index (χ0) is 14.7. The lowest BCUT2D eigenvalue weighted by Gasteiger charge is -2.27. The number of morpholine rings is 1. The predicted octanol–water partition coefficient (Wildman–Crippen LogP) is 0.224. The topological polar surface area (TPSA) is 114 Å². The van der Waals surface area contributed by atoms with Crippen molar-refractivity contribution in [2.75, 3.05) is 36.9 Å². The van der Waals surface area contributed by atoms with Crippen LogP contribution in [0.25, 0.3) is 11.3 Å². The van der Waals surface area contributed by atoms with E-state index in [9.17, 15) is 5.26 Å². The smallest absolute Gasteiger partial charge is 0.226 e. The zero-order valence-corrected chi connectivity index (χ0v) is 11.2. The monoisotopic (exact) mass is 283 g/mol. The van der Waals surface area contributed by atoms with Gasteiger partial charge in [0, 0.05) is 31.0 Å². The lowest BCUT2D eigenvalue weighted by molar-refractivity contribution is 0.122. The maximum Gasteiger partial charge on any atom is 0.226 e. The summed E-state index contributed by atoms with van der Waals surface area (Å²) >= 11 is 0. The third-order valence-electron chi connectivity index (χ3n) is 3.14. The molecule has 8 nitrogen and oxygen atoms in total. The van der Waals surface area contributed by atoms with Gasteiger partial charge in [0.1, 0.15) is 6.07 Å². The van der Waals surface area contributed by atoms with Gasteiger partial charge in [-0.2, -0.15) is 5.26 Å². The summed E-state index contributed by atoms with van der Waals surface area (Å²) in [4.78, 5) is 18.6. The fourth-order valence-electron chi connectivity index (χ4n) is 2.05. The SMILES string of the molecule is N#Cc1cnc(N2CCOCC2)nc1-c1cnc(N)nc1. The molecule has 0 bridgehead atoms. The van der Waals surface area contributed by atoms with Gasteiger partial charge in [-0.15, -0.1) is 0 Å². The number of aromatic nitrogens is 4. The summed E-state index contributed by atoms with van der Waals surface area (Å²) in [6.45, 7) is 2.74. The van der Waals surface area contributed by atoms with Crippen LogP contribution in [0.5, 0.6) is 0 Å². The molecule has 0 unspecified atom stereocenters. The second kappa shape index (κ2) is 5.68. The van der Waals surface area contributed by atoms with Gasteiger partial charge in [-0.25, -0.2) is 19.9 Å². The van der Waals surface area contributed by atoms with Crippen molar-refractivity contribution in [1.82, 2.24) is 19.9 Å². The maximum absolute atomic E-state index is 9.21. The van der Waals surface area contributed by atoms with Crippen molar-refractivity contribution < 1.29 is 4.74 Å². The van der Waals surface area contributed by atoms with Crippen LogP contribution in [-0.2, 0) is 4.74 Å². The maximum atomic E-state index is 9.21. The second-order valence-electron chi connectivity index (χ2n) is 4.47. The largest absolute Gasteiger partial charge is 0.378 e. The summed E-state index contributed by atoms with van der Waals surface area (Å²) in [5.41, 5.74) is 7.00. The van der Waals surface area contributed by atoms with Crippen LogP contribution in [-0.4, -0.2) is 46.2 Å². The van der Waals surface area contributed by atoms with Crippen molar-refractivity contribution in [2.45, 2.75) is 0 Å². The first-order valence-electron chi connectivity index (χ1n) is 6.45. The van der Waals surface area contributed by atoms with Gasteiger partial charge in [-0.05, 0) is 0 Å². The highest BCUT2D eigenvalue weighted by Gasteiger charge is 2.17. The van der Waals surface area contributed by atoms with E-state index in [-0.39, 0.29) is 5.95 Å². The molecule has 0 aromatic carbocycles. The third kappa shape index (κ3) is 2.73. The van der Waals surface area contributed by atoms with Crippen LogP contribution in [0, 0.1) is 11.3 Å². The molecule has 0 saturated carbocycles. The number of ether oxygens (including phenoxy) is 1. The number of anilines is 2. The average Bonchev–Trinajstić information content (AvgIpc) is 2.56. The van der Waals surface area contributed by atoms with Gasteiger partial charge in [0.15, 0.2) is 0 Å². The number of nitriles is 1. The molecule has 3 rings (SSSR count). The average molecular weight is 283 g/mol. The molecular weight excluding hydrogens is 270 g/mol. The number of hydrogen-bond acceptors (Lipinski definition) is 8. The number of nitrogens with two attached hydrogens (primary N) is 1. The van der Waals surface area contributed by atoms with Crippen molar-refractivity contribution in [2.24, 2.45) is 0 Å². The van der Waals surface area contributed by atoms with E-state index >= 15 is 0 Å². The molecule has 0 spiro atoms. The Balaban J connectivity index is 2.01. The van der Waals surface area contributed by atoms with Gasteiger partial charge in [-0.1, -0.05) is 0 Å². The number of nitrogen functional groups attached to an aromatic ring is 1. The van der Waals surface area contributed by atoms with Gasteiger partial charge in [0.05, 0.1) is 30.7 Å². The van der Waals surface area contributed by atoms with Crippen molar-refractivity contribution in [3.8, 4) is 17.3 Å². The highest BCUT2D eigenvalue weighted by molar-refractivity contribution is 5.66. The van der Waals surface area contributed by atoms with Crippen LogP contribution in [0.1, 0.15) is 5.56 Å². The molecule has 1 aliphatic heterocycles. The molecule has 0 aliphatic carbocycles. The highest BCUT2D eigenvalue weighted by atomic mass is 16.5. The first-order chi connectivity index (χ1) is 10.3. The summed E-state index contributed by atoms with van der Waals surface area (Å²) in [6.07, 6.45) is 4.62. The number of nitrogens with zero attached hydrogens (tertiary/aromatic N) is 6. The molecule has 1 aliphatic rings. The minimum absolute atomic E-state index is 0.180. The molecule has 1 saturated heterocycles. The first-order valence-corrected chi connectivity index (χ1v) is 6.45. The van der Waals surface area contributed by atoms with Gasteiger partial charge < -0.3 is 15.4 Å². The summed E-state index contributed by atoms with van der Waals surface area (Å²) in [6, 6.07) is 2.08. The van der Waals surface area contributed by atoms with Gasteiger partial charge in [-0.3, -0.25) is 0 Å². The van der Waals surface area contributed by atoms with Gasteiger partial charge >= 0.3 is 0 Å². The van der Waals surface area contributed by atoms with Crippen LogP contribution in [0.3, 0.4) is 0 Å². The standard InChI is InChI=1S/C13H13N7O/c14-5-9-6-18-13(20-1-3-21-4-2-20)19-11(9)10-7-16-12(15)17-8-10/h6-8H,1-4H2,(H2,15,16,17). The molecule has 2 aromatic heterocycles. The molecule has 2 N–H and O–H groups in total. The molecule has 21 heavy (non-hydrogen) atoms. The zero-order valence-electron chi connectivity index (χ0n) is 11.2. The molecule has 0 atom stereocenters. The Morgan fingerprint density at radius 3 is 2.52 bits per heavy atom. The Morgan fingerprint density at radius 2 is 1.86 bits per heavy atom. The van der Waals surface area contributed by atoms with E-state index in [1.165, 1.54) is 6.20 Å². The summed E-state index contributed by atoms with van der Waals surface area (Å²) in [5, 5.41) is 9.21. The highest BCUT2D eigenvalue weighted by Crippen LogP contribution is 2.22. The molecule has 1 fully saturated rings. The molecule has 0 amide bonds. The number of hydrogen-bond donors (Lipinski definition) is 1. The predicted molar refractivity (Wildman–Crippen MR) is 75.2 cm³/mol. The molecule has 2 aromatic rings. The van der Waals surface area contributed by atoms with Crippen LogP contribution in [0.15, 0.2) is 18.6 Å². The van der Waals surface area contributed by atoms with Crippen LogP contribution in [0.4, 0.5) is 11.9 Å². The second-order valence-corrected chi connectivity index (χ2v) is 4.47. The molecule has 3 heterocycles. The molecule has 8 heteroatoms. The molecule has 106 valence electrons. The van der Waals surface area contributed by atoms with E-state index in [4.69, 9.17) is 10.5 Å².